The molecule has 0 aliphatic carbocycles. The highest BCUT2D eigenvalue weighted by molar-refractivity contribution is 6.34. The summed E-state index contributed by atoms with van der Waals surface area (Å²) in [4.78, 5) is 12.0. The Hall–Kier alpha value is -0.870. The molecule has 17 heavy (non-hydrogen) atoms. The van der Waals surface area contributed by atoms with Crippen molar-refractivity contribution in [2.24, 2.45) is 0 Å². The number of hydrogen-bond donors (Lipinski definition) is 1. The van der Waals surface area contributed by atoms with Gasteiger partial charge in [0.05, 0.1) is 5.56 Å². The van der Waals surface area contributed by atoms with Gasteiger partial charge in [0.1, 0.15) is 0 Å². The van der Waals surface area contributed by atoms with Gasteiger partial charge in [-0.1, -0.05) is 37.0 Å². The summed E-state index contributed by atoms with van der Waals surface area (Å²) in [6, 6.07) is 1.41. The van der Waals surface area contributed by atoms with Gasteiger partial charge in [-0.05, 0) is 25.8 Å². The first-order chi connectivity index (χ1) is 7.91. The average Bonchev–Trinajstić information content (AvgIpc) is 2.32. The van der Waals surface area contributed by atoms with Crippen LogP contribution in [0.4, 0.5) is 0 Å². The first-order valence-corrected chi connectivity index (χ1v) is 6.18. The fourth-order valence-corrected chi connectivity index (χ4v) is 1.61. The van der Waals surface area contributed by atoms with Crippen molar-refractivity contribution in [3.05, 3.63) is 21.9 Å². The minimum absolute atomic E-state index is 0.0569. The normalized spacial score (nSPS) is 11.4. The number of carbonyl (C=O) groups excluding carboxylic acids is 1. The smallest absolute Gasteiger partial charge is 0.255 e. The van der Waals surface area contributed by atoms with Crippen LogP contribution in [-0.4, -0.2) is 21.6 Å². The molecule has 0 fully saturated rings. The summed E-state index contributed by atoms with van der Waals surface area (Å²) >= 11 is 11.5. The standard InChI is InChI=1S/C11H15Cl2N3O/c1-4-11(3,5-2)14-10(17)7-6-8(12)15-16-9(7)13/h6H,4-5H2,1-3H3,(H,14,17). The lowest BCUT2D eigenvalue weighted by molar-refractivity contribution is 0.0900. The quantitative estimate of drug-likeness (QED) is 0.919. The van der Waals surface area contributed by atoms with Crippen LogP contribution < -0.4 is 5.32 Å². The summed E-state index contributed by atoms with van der Waals surface area (Å²) in [6.45, 7) is 6.02. The van der Waals surface area contributed by atoms with Crippen molar-refractivity contribution in [2.45, 2.75) is 39.2 Å². The Labute approximate surface area is 111 Å². The van der Waals surface area contributed by atoms with Crippen LogP contribution in [0.1, 0.15) is 44.0 Å². The lowest BCUT2D eigenvalue weighted by Gasteiger charge is -2.28. The van der Waals surface area contributed by atoms with Crippen LogP contribution in [0.25, 0.3) is 0 Å². The van der Waals surface area contributed by atoms with Gasteiger partial charge in [0.25, 0.3) is 5.91 Å². The molecule has 0 aliphatic heterocycles. The van der Waals surface area contributed by atoms with Gasteiger partial charge in [0, 0.05) is 5.54 Å². The number of amides is 1. The van der Waals surface area contributed by atoms with E-state index >= 15 is 0 Å². The third-order valence-corrected chi connectivity index (χ3v) is 3.40. The molecule has 1 heterocycles. The Balaban J connectivity index is 2.94. The molecule has 1 N–H and O–H groups in total. The maximum absolute atomic E-state index is 12.0. The molecular weight excluding hydrogens is 261 g/mol. The molecule has 1 aromatic rings. The fraction of sp³-hybridized carbons (Fsp3) is 0.545. The van der Waals surface area contributed by atoms with E-state index < -0.39 is 0 Å². The molecule has 4 nitrogen and oxygen atoms in total. The Morgan fingerprint density at radius 1 is 1.35 bits per heavy atom. The van der Waals surface area contributed by atoms with Crippen molar-refractivity contribution in [1.29, 1.82) is 0 Å². The molecule has 0 spiro atoms. The summed E-state index contributed by atoms with van der Waals surface area (Å²) in [5, 5.41) is 10.3. The second kappa shape index (κ2) is 5.65. The molecule has 0 aromatic carbocycles. The number of carbonyl (C=O) groups is 1. The Kier molecular flexibility index (Phi) is 4.71. The summed E-state index contributed by atoms with van der Waals surface area (Å²) in [7, 11) is 0. The second-order valence-corrected chi connectivity index (χ2v) is 4.84. The Morgan fingerprint density at radius 3 is 2.47 bits per heavy atom. The molecular formula is C11H15Cl2N3O. The second-order valence-electron chi connectivity index (χ2n) is 4.09. The van der Waals surface area contributed by atoms with Crippen molar-refractivity contribution in [2.75, 3.05) is 0 Å². The van der Waals surface area contributed by atoms with Crippen LogP contribution in [0, 0.1) is 0 Å². The van der Waals surface area contributed by atoms with Gasteiger partial charge in [0.2, 0.25) is 0 Å². The van der Waals surface area contributed by atoms with Crippen LogP contribution in [0.2, 0.25) is 10.3 Å². The zero-order valence-electron chi connectivity index (χ0n) is 10.1. The van der Waals surface area contributed by atoms with Gasteiger partial charge in [0.15, 0.2) is 10.3 Å². The Bertz CT molecular complexity index is 419. The van der Waals surface area contributed by atoms with E-state index in [0.717, 1.165) is 12.8 Å². The number of aromatic nitrogens is 2. The summed E-state index contributed by atoms with van der Waals surface area (Å²) in [5.41, 5.74) is -0.00400. The number of halogens is 2. The minimum atomic E-state index is -0.280. The predicted molar refractivity (Wildman–Crippen MR) is 68.5 cm³/mol. The highest BCUT2D eigenvalue weighted by Gasteiger charge is 2.24. The van der Waals surface area contributed by atoms with E-state index in [1.54, 1.807) is 0 Å². The summed E-state index contributed by atoms with van der Waals surface area (Å²) in [5.74, 6) is -0.280. The van der Waals surface area contributed by atoms with Gasteiger partial charge in [-0.3, -0.25) is 4.79 Å². The molecule has 0 atom stereocenters. The van der Waals surface area contributed by atoms with Crippen molar-refractivity contribution < 1.29 is 4.79 Å². The maximum Gasteiger partial charge on any atom is 0.255 e. The summed E-state index contributed by atoms with van der Waals surface area (Å²) in [6.07, 6.45) is 1.66. The van der Waals surface area contributed by atoms with Gasteiger partial charge in [-0.25, -0.2) is 0 Å². The van der Waals surface area contributed by atoms with Crippen LogP contribution in [0.15, 0.2) is 6.07 Å². The number of nitrogens with zero attached hydrogens (tertiary/aromatic N) is 2. The number of hydrogen-bond acceptors (Lipinski definition) is 3. The molecule has 94 valence electrons. The lowest BCUT2D eigenvalue weighted by atomic mass is 9.95. The highest BCUT2D eigenvalue weighted by Crippen LogP contribution is 2.19. The van der Waals surface area contributed by atoms with E-state index in [4.69, 9.17) is 23.2 Å². The van der Waals surface area contributed by atoms with E-state index in [2.05, 4.69) is 15.5 Å². The summed E-state index contributed by atoms with van der Waals surface area (Å²) < 4.78 is 0. The largest absolute Gasteiger partial charge is 0.347 e. The van der Waals surface area contributed by atoms with Gasteiger partial charge >= 0.3 is 0 Å². The topological polar surface area (TPSA) is 54.9 Å². The van der Waals surface area contributed by atoms with Crippen molar-refractivity contribution in [3.8, 4) is 0 Å². The van der Waals surface area contributed by atoms with Gasteiger partial charge in [-0.2, -0.15) is 0 Å². The molecule has 1 amide bonds. The SMILES string of the molecule is CCC(C)(CC)NC(=O)c1cc(Cl)nnc1Cl. The molecule has 6 heteroatoms. The van der Waals surface area contributed by atoms with Crippen molar-refractivity contribution in [1.82, 2.24) is 15.5 Å². The third kappa shape index (κ3) is 3.54. The first kappa shape index (κ1) is 14.2. The molecule has 1 rings (SSSR count). The van der Waals surface area contributed by atoms with Crippen molar-refractivity contribution >= 4 is 29.1 Å². The van der Waals surface area contributed by atoms with Crippen molar-refractivity contribution in [3.63, 3.8) is 0 Å². The van der Waals surface area contributed by atoms with Crippen LogP contribution in [-0.2, 0) is 0 Å². The monoisotopic (exact) mass is 275 g/mol. The average molecular weight is 276 g/mol. The van der Waals surface area contributed by atoms with Crippen LogP contribution in [0.5, 0.6) is 0 Å². The molecule has 0 unspecified atom stereocenters. The zero-order chi connectivity index (χ0) is 13.1. The van der Waals surface area contributed by atoms with E-state index in [1.165, 1.54) is 6.07 Å². The molecule has 0 saturated carbocycles. The van der Waals surface area contributed by atoms with Gasteiger partial charge in [-0.15, -0.1) is 10.2 Å². The van der Waals surface area contributed by atoms with Crippen LogP contribution in [0.3, 0.4) is 0 Å². The van der Waals surface area contributed by atoms with Crippen LogP contribution >= 0.6 is 23.2 Å². The minimum Gasteiger partial charge on any atom is -0.347 e. The van der Waals surface area contributed by atoms with E-state index in [0.29, 0.717) is 0 Å². The van der Waals surface area contributed by atoms with E-state index in [-0.39, 0.29) is 27.3 Å². The molecule has 0 radical (unpaired) electrons. The lowest BCUT2D eigenvalue weighted by Crippen LogP contribution is -2.45. The number of nitrogens with one attached hydrogen (secondary N) is 1. The number of rotatable bonds is 4. The molecule has 1 aromatic heterocycles. The first-order valence-electron chi connectivity index (χ1n) is 5.43. The molecule has 0 bridgehead atoms. The van der Waals surface area contributed by atoms with Gasteiger partial charge < -0.3 is 5.32 Å². The molecule has 0 aliphatic rings. The predicted octanol–water partition coefficient (Wildman–Crippen LogP) is 3.09. The fourth-order valence-electron chi connectivity index (χ4n) is 1.28. The van der Waals surface area contributed by atoms with E-state index in [9.17, 15) is 4.79 Å². The zero-order valence-corrected chi connectivity index (χ0v) is 11.6. The Morgan fingerprint density at radius 2 is 1.94 bits per heavy atom. The molecule has 0 saturated heterocycles. The third-order valence-electron chi connectivity index (χ3n) is 2.94. The maximum atomic E-state index is 12.0. The van der Waals surface area contributed by atoms with E-state index in [1.807, 2.05) is 20.8 Å². The highest BCUT2D eigenvalue weighted by atomic mass is 35.5.